The van der Waals surface area contributed by atoms with Gasteiger partial charge in [-0.25, -0.2) is 4.98 Å². The second-order valence-corrected chi connectivity index (χ2v) is 7.50. The number of ether oxygens (including phenoxy) is 1. The van der Waals surface area contributed by atoms with Gasteiger partial charge in [0.05, 0.1) is 11.6 Å². The summed E-state index contributed by atoms with van der Waals surface area (Å²) in [5.74, 6) is 1.12. The van der Waals surface area contributed by atoms with Crippen LogP contribution in [0.4, 0.5) is 5.82 Å². The molecule has 4 rings (SSSR count). The summed E-state index contributed by atoms with van der Waals surface area (Å²) < 4.78 is 7.78. The Kier molecular flexibility index (Phi) is 4.66. The van der Waals surface area contributed by atoms with Crippen molar-refractivity contribution in [3.05, 3.63) is 41.0 Å². The number of hydrogen-bond donors (Lipinski definition) is 0. The van der Waals surface area contributed by atoms with Crippen molar-refractivity contribution in [2.75, 3.05) is 24.7 Å². The average molecular weight is 366 g/mol. The van der Waals surface area contributed by atoms with Crippen LogP contribution in [-0.4, -0.2) is 35.2 Å². The van der Waals surface area contributed by atoms with Crippen LogP contribution in [-0.2, 0) is 4.74 Å². The van der Waals surface area contributed by atoms with Crippen molar-refractivity contribution in [1.29, 1.82) is 5.26 Å². The van der Waals surface area contributed by atoms with Crippen LogP contribution < -0.4 is 4.90 Å². The van der Waals surface area contributed by atoms with Gasteiger partial charge in [-0.05, 0) is 38.8 Å². The van der Waals surface area contributed by atoms with Crippen LogP contribution in [0.3, 0.4) is 0 Å². The lowest BCUT2D eigenvalue weighted by Gasteiger charge is -2.36. The molecule has 1 saturated heterocycles. The number of nitriles is 1. The van der Waals surface area contributed by atoms with E-state index in [1.807, 2.05) is 17.6 Å². The van der Waals surface area contributed by atoms with Gasteiger partial charge in [-0.1, -0.05) is 0 Å². The molecule has 0 spiro atoms. The molecule has 0 bridgehead atoms. The first-order valence-corrected chi connectivity index (χ1v) is 9.91. The van der Waals surface area contributed by atoms with E-state index in [1.165, 1.54) is 0 Å². The van der Waals surface area contributed by atoms with Crippen molar-refractivity contribution in [2.24, 2.45) is 0 Å². The zero-order valence-electron chi connectivity index (χ0n) is 15.1. The molecule has 0 saturated carbocycles. The first kappa shape index (κ1) is 17.1. The Morgan fingerprint density at radius 2 is 2.19 bits per heavy atom. The van der Waals surface area contributed by atoms with Crippen LogP contribution in [0.15, 0.2) is 29.9 Å². The number of nitrogens with zero attached hydrogens (tertiary/aromatic N) is 4. The number of pyridine rings is 1. The quantitative estimate of drug-likeness (QED) is 0.693. The summed E-state index contributed by atoms with van der Waals surface area (Å²) in [6, 6.07) is 6.92. The monoisotopic (exact) mass is 366 g/mol. The van der Waals surface area contributed by atoms with Gasteiger partial charge in [0.2, 0.25) is 0 Å². The largest absolute Gasteiger partial charge is 0.381 e. The van der Waals surface area contributed by atoms with Gasteiger partial charge in [0.1, 0.15) is 10.8 Å². The Morgan fingerprint density at radius 3 is 2.85 bits per heavy atom. The number of aromatic nitrogens is 2. The van der Waals surface area contributed by atoms with Gasteiger partial charge in [-0.3, -0.25) is 0 Å². The fourth-order valence-corrected chi connectivity index (χ4v) is 4.48. The van der Waals surface area contributed by atoms with Crippen molar-refractivity contribution in [3.8, 4) is 16.6 Å². The molecule has 0 amide bonds. The number of thiazole rings is 1. The highest BCUT2D eigenvalue weighted by Gasteiger charge is 2.25. The first-order valence-electron chi connectivity index (χ1n) is 9.03. The summed E-state index contributed by atoms with van der Waals surface area (Å²) in [7, 11) is 0. The van der Waals surface area contributed by atoms with Gasteiger partial charge < -0.3 is 14.0 Å². The van der Waals surface area contributed by atoms with E-state index in [1.54, 1.807) is 11.3 Å². The first-order chi connectivity index (χ1) is 12.7. The summed E-state index contributed by atoms with van der Waals surface area (Å²) in [5, 5.41) is 12.6. The van der Waals surface area contributed by atoms with E-state index < -0.39 is 0 Å². The van der Waals surface area contributed by atoms with Crippen molar-refractivity contribution < 1.29 is 4.74 Å². The van der Waals surface area contributed by atoms with Gasteiger partial charge in [0, 0.05) is 60.2 Å². The minimum Gasteiger partial charge on any atom is -0.381 e. The highest BCUT2D eigenvalue weighted by atomic mass is 32.1. The highest BCUT2D eigenvalue weighted by Crippen LogP contribution is 2.33. The van der Waals surface area contributed by atoms with E-state index in [0.29, 0.717) is 6.04 Å². The maximum Gasteiger partial charge on any atom is 0.124 e. The lowest BCUT2D eigenvalue weighted by molar-refractivity contribution is 0.0844. The standard InChI is InChI=1S/C20H22N4OS/c1-3-23(17-4-7-25-8-5-17)20-14(2)15(12-21)10-18-11-16(13-24(18)20)19-22-6-9-26-19/h6,9-11,13,17H,3-5,7-8H2,1-2H3. The van der Waals surface area contributed by atoms with Crippen LogP contribution in [0.5, 0.6) is 0 Å². The van der Waals surface area contributed by atoms with Crippen molar-refractivity contribution >= 4 is 22.7 Å². The molecule has 3 aromatic rings. The molecular weight excluding hydrogens is 344 g/mol. The molecule has 1 fully saturated rings. The zero-order chi connectivity index (χ0) is 18.1. The Hall–Kier alpha value is -2.36. The number of hydrogen-bond acceptors (Lipinski definition) is 5. The lowest BCUT2D eigenvalue weighted by Crippen LogP contribution is -2.40. The van der Waals surface area contributed by atoms with E-state index in [0.717, 1.165) is 65.6 Å². The molecule has 1 aliphatic rings. The molecule has 134 valence electrons. The lowest BCUT2D eigenvalue weighted by atomic mass is 10.0. The molecule has 0 radical (unpaired) electrons. The molecule has 0 N–H and O–H groups in total. The molecule has 3 aromatic heterocycles. The van der Waals surface area contributed by atoms with Crippen LogP contribution in [0.25, 0.3) is 16.1 Å². The Bertz CT molecular complexity index is 949. The molecule has 26 heavy (non-hydrogen) atoms. The summed E-state index contributed by atoms with van der Waals surface area (Å²) in [5.41, 5.74) is 3.91. The van der Waals surface area contributed by atoms with E-state index >= 15 is 0 Å². The van der Waals surface area contributed by atoms with E-state index in [4.69, 9.17) is 4.74 Å². The fourth-order valence-electron chi connectivity index (χ4n) is 3.86. The minimum atomic E-state index is 0.440. The molecule has 0 unspecified atom stereocenters. The number of fused-ring (bicyclic) bond motifs is 1. The van der Waals surface area contributed by atoms with Gasteiger partial charge >= 0.3 is 0 Å². The average Bonchev–Trinajstić information content (AvgIpc) is 3.34. The maximum atomic E-state index is 9.65. The molecule has 4 heterocycles. The third kappa shape index (κ3) is 2.87. The summed E-state index contributed by atoms with van der Waals surface area (Å²) in [4.78, 5) is 6.88. The smallest absolute Gasteiger partial charge is 0.124 e. The summed E-state index contributed by atoms with van der Waals surface area (Å²) >= 11 is 1.63. The van der Waals surface area contributed by atoms with Crippen LogP contribution in [0.2, 0.25) is 0 Å². The fraction of sp³-hybridized carbons (Fsp3) is 0.400. The molecule has 6 heteroatoms. The Balaban J connectivity index is 1.90. The summed E-state index contributed by atoms with van der Waals surface area (Å²) in [6.45, 7) is 6.75. The Morgan fingerprint density at radius 1 is 1.38 bits per heavy atom. The predicted molar refractivity (Wildman–Crippen MR) is 105 cm³/mol. The predicted octanol–water partition coefficient (Wildman–Crippen LogP) is 4.25. The van der Waals surface area contributed by atoms with Crippen molar-refractivity contribution in [1.82, 2.24) is 9.38 Å². The highest BCUT2D eigenvalue weighted by molar-refractivity contribution is 7.13. The zero-order valence-corrected chi connectivity index (χ0v) is 15.9. The normalized spacial score (nSPS) is 15.3. The number of anilines is 1. The van der Waals surface area contributed by atoms with Gasteiger partial charge in [0.25, 0.3) is 0 Å². The maximum absolute atomic E-state index is 9.65. The van der Waals surface area contributed by atoms with Crippen LogP contribution >= 0.6 is 11.3 Å². The minimum absolute atomic E-state index is 0.440. The van der Waals surface area contributed by atoms with Crippen molar-refractivity contribution in [3.63, 3.8) is 0 Å². The number of rotatable bonds is 4. The van der Waals surface area contributed by atoms with E-state index in [-0.39, 0.29) is 0 Å². The molecule has 0 aromatic carbocycles. The topological polar surface area (TPSA) is 53.6 Å². The second-order valence-electron chi connectivity index (χ2n) is 6.61. The summed E-state index contributed by atoms with van der Waals surface area (Å²) in [6.07, 6.45) is 6.02. The van der Waals surface area contributed by atoms with Gasteiger partial charge in [-0.2, -0.15) is 5.26 Å². The SMILES string of the molecule is CCN(c1c(C)c(C#N)cc2cc(-c3nccs3)cn12)C1CCOCC1. The third-order valence-electron chi connectivity index (χ3n) is 5.15. The molecule has 5 nitrogen and oxygen atoms in total. The molecular formula is C20H22N4OS. The molecule has 1 aliphatic heterocycles. The van der Waals surface area contributed by atoms with E-state index in [9.17, 15) is 5.26 Å². The van der Waals surface area contributed by atoms with Crippen LogP contribution in [0, 0.1) is 18.3 Å². The van der Waals surface area contributed by atoms with Gasteiger partial charge in [0.15, 0.2) is 0 Å². The Labute approximate surface area is 157 Å². The van der Waals surface area contributed by atoms with Gasteiger partial charge in [-0.15, -0.1) is 11.3 Å². The third-order valence-corrected chi connectivity index (χ3v) is 5.98. The van der Waals surface area contributed by atoms with Crippen LogP contribution in [0.1, 0.15) is 30.9 Å². The van der Waals surface area contributed by atoms with Crippen molar-refractivity contribution in [2.45, 2.75) is 32.7 Å². The second kappa shape index (κ2) is 7.10. The molecule has 0 aliphatic carbocycles. The van der Waals surface area contributed by atoms with E-state index in [2.05, 4.69) is 46.5 Å². The molecule has 0 atom stereocenters.